The zero-order chi connectivity index (χ0) is 18.9. The van der Waals surface area contributed by atoms with Crippen molar-refractivity contribution in [3.8, 4) is 5.75 Å². The Hall–Kier alpha value is -2.01. The third-order valence-electron chi connectivity index (χ3n) is 5.78. The summed E-state index contributed by atoms with van der Waals surface area (Å²) in [6, 6.07) is 8.15. The van der Waals surface area contributed by atoms with Gasteiger partial charge in [0, 0.05) is 11.5 Å². The van der Waals surface area contributed by atoms with Crippen LogP contribution < -0.4 is 4.74 Å². The van der Waals surface area contributed by atoms with Gasteiger partial charge in [-0.05, 0) is 55.9 Å². The molecule has 4 unspecified atom stereocenters. The normalized spacial score (nSPS) is 31.0. The number of carbonyl (C=O) groups is 1. The van der Waals surface area contributed by atoms with E-state index in [1.54, 1.807) is 7.11 Å². The number of carbonyl (C=O) groups excluding carboxylic acids is 1. The van der Waals surface area contributed by atoms with Crippen LogP contribution in [0.3, 0.4) is 0 Å². The van der Waals surface area contributed by atoms with Crippen LogP contribution in [0.15, 0.2) is 53.2 Å². The van der Waals surface area contributed by atoms with Crippen LogP contribution in [0.5, 0.6) is 5.75 Å². The van der Waals surface area contributed by atoms with Gasteiger partial charge in [-0.25, -0.2) is 0 Å². The van der Waals surface area contributed by atoms with Crippen molar-refractivity contribution in [3.05, 3.63) is 53.8 Å². The minimum Gasteiger partial charge on any atom is -0.497 e. The van der Waals surface area contributed by atoms with E-state index in [9.17, 15) is 4.79 Å². The summed E-state index contributed by atoms with van der Waals surface area (Å²) >= 11 is 1.93. The van der Waals surface area contributed by atoms with Crippen molar-refractivity contribution in [1.29, 1.82) is 0 Å². The zero-order valence-corrected chi connectivity index (χ0v) is 16.6. The summed E-state index contributed by atoms with van der Waals surface area (Å²) in [6.45, 7) is 2.30. The Kier molecular flexibility index (Phi) is 5.13. The number of hydrogen-bond donors (Lipinski definition) is 0. The smallest absolute Gasteiger partial charge is 0.310 e. The fourth-order valence-corrected chi connectivity index (χ4v) is 6.66. The highest BCUT2D eigenvalue weighted by Gasteiger charge is 2.59. The van der Waals surface area contributed by atoms with Gasteiger partial charge in [-0.1, -0.05) is 24.3 Å². The molecular formula is C22H25NO3S. The molecule has 5 heteroatoms. The highest BCUT2D eigenvalue weighted by Crippen LogP contribution is 2.61. The lowest BCUT2D eigenvalue weighted by molar-refractivity contribution is -0.149. The Morgan fingerprint density at radius 1 is 1.33 bits per heavy atom. The van der Waals surface area contributed by atoms with Gasteiger partial charge in [-0.3, -0.25) is 9.79 Å². The quantitative estimate of drug-likeness (QED) is 0.715. The van der Waals surface area contributed by atoms with Crippen LogP contribution in [0.25, 0.3) is 0 Å². The average Bonchev–Trinajstić information content (AvgIpc) is 3.01. The Morgan fingerprint density at radius 2 is 2.15 bits per heavy atom. The van der Waals surface area contributed by atoms with Crippen molar-refractivity contribution in [3.63, 3.8) is 0 Å². The fourth-order valence-electron chi connectivity index (χ4n) is 4.55. The Labute approximate surface area is 164 Å². The van der Waals surface area contributed by atoms with Crippen molar-refractivity contribution >= 4 is 23.9 Å². The molecular weight excluding hydrogens is 358 g/mol. The Morgan fingerprint density at radius 3 is 2.89 bits per heavy atom. The van der Waals surface area contributed by atoms with Gasteiger partial charge in [0.25, 0.3) is 0 Å². The minimum absolute atomic E-state index is 0.0606. The molecule has 0 saturated carbocycles. The molecule has 2 aliphatic heterocycles. The largest absolute Gasteiger partial charge is 0.497 e. The summed E-state index contributed by atoms with van der Waals surface area (Å²) < 4.78 is 10.7. The van der Waals surface area contributed by atoms with Gasteiger partial charge in [-0.2, -0.15) is 0 Å². The first kappa shape index (κ1) is 18.4. The van der Waals surface area contributed by atoms with Crippen LogP contribution in [0.2, 0.25) is 0 Å². The lowest BCUT2D eigenvalue weighted by atomic mass is 9.72. The number of ether oxygens (including phenoxy) is 2. The van der Waals surface area contributed by atoms with Gasteiger partial charge in [0.15, 0.2) is 0 Å². The molecule has 27 heavy (non-hydrogen) atoms. The van der Waals surface area contributed by atoms with Gasteiger partial charge in [0.2, 0.25) is 0 Å². The minimum atomic E-state index is -0.112. The molecule has 1 saturated heterocycles. The maximum Gasteiger partial charge on any atom is 0.310 e. The summed E-state index contributed by atoms with van der Waals surface area (Å²) in [5.74, 6) is 0.912. The third-order valence-corrected chi connectivity index (χ3v) is 7.65. The summed E-state index contributed by atoms with van der Waals surface area (Å²) in [7, 11) is 1.67. The van der Waals surface area contributed by atoms with Crippen molar-refractivity contribution in [2.45, 2.75) is 36.2 Å². The summed E-state index contributed by atoms with van der Waals surface area (Å²) in [6.07, 6.45) is 11.0. The number of aliphatic imine (C=N–C) groups is 1. The van der Waals surface area contributed by atoms with Crippen LogP contribution in [-0.2, 0) is 16.0 Å². The number of methoxy groups -OCH3 is 1. The number of benzene rings is 1. The van der Waals surface area contributed by atoms with Crippen LogP contribution in [-0.4, -0.2) is 35.9 Å². The highest BCUT2D eigenvalue weighted by atomic mass is 32.2. The van der Waals surface area contributed by atoms with Gasteiger partial charge in [0.1, 0.15) is 5.75 Å². The molecule has 1 aromatic carbocycles. The Balaban J connectivity index is 1.66. The summed E-state index contributed by atoms with van der Waals surface area (Å²) in [5, 5.41) is 0.180. The molecule has 2 heterocycles. The summed E-state index contributed by atoms with van der Waals surface area (Å²) in [4.78, 5) is 17.6. The van der Waals surface area contributed by atoms with Crippen molar-refractivity contribution in [1.82, 2.24) is 0 Å². The van der Waals surface area contributed by atoms with Crippen LogP contribution >= 0.6 is 11.8 Å². The van der Waals surface area contributed by atoms with E-state index in [1.165, 1.54) is 5.56 Å². The van der Waals surface area contributed by atoms with Crippen LogP contribution in [0.4, 0.5) is 0 Å². The molecule has 0 bridgehead atoms. The SMILES string of the molecule is CCOC(=O)C1C(Cc2ccc(OC)cc2)SC23CC=CC=C2N=CCC13. The summed E-state index contributed by atoms with van der Waals surface area (Å²) in [5.41, 5.74) is 2.33. The molecule has 0 aromatic heterocycles. The number of thioether (sulfide) groups is 1. The molecule has 3 aliphatic rings. The van der Waals surface area contributed by atoms with E-state index in [-0.39, 0.29) is 27.8 Å². The standard InChI is InChI=1S/C22H25NO3S/c1-3-26-21(24)20-17-11-13-23-19-6-4-5-12-22(17,19)27-18(20)14-15-7-9-16(25-2)10-8-15/h4-10,13,17-18,20H,3,11-12,14H2,1-2H3. The van der Waals surface area contributed by atoms with Gasteiger partial charge in [-0.15, -0.1) is 11.8 Å². The molecule has 1 aliphatic carbocycles. The second-order valence-corrected chi connectivity index (χ2v) is 8.78. The number of rotatable bonds is 5. The van der Waals surface area contributed by atoms with E-state index < -0.39 is 0 Å². The average molecular weight is 384 g/mol. The molecule has 4 atom stereocenters. The zero-order valence-electron chi connectivity index (χ0n) is 15.8. The molecule has 1 spiro atoms. The maximum atomic E-state index is 12.9. The van der Waals surface area contributed by atoms with E-state index in [1.807, 2.05) is 37.0 Å². The molecule has 4 rings (SSSR count). The van der Waals surface area contributed by atoms with Crippen molar-refractivity contribution < 1.29 is 14.3 Å². The molecule has 1 aromatic rings. The van der Waals surface area contributed by atoms with E-state index >= 15 is 0 Å². The second-order valence-electron chi connectivity index (χ2n) is 7.21. The first-order valence-corrected chi connectivity index (χ1v) is 10.4. The highest BCUT2D eigenvalue weighted by molar-refractivity contribution is 8.01. The van der Waals surface area contributed by atoms with Crippen molar-refractivity contribution in [2.24, 2.45) is 16.8 Å². The van der Waals surface area contributed by atoms with Gasteiger partial charge < -0.3 is 9.47 Å². The second kappa shape index (κ2) is 7.55. The van der Waals surface area contributed by atoms with E-state index in [0.29, 0.717) is 6.61 Å². The van der Waals surface area contributed by atoms with E-state index in [0.717, 1.165) is 30.7 Å². The number of hydrogen-bond acceptors (Lipinski definition) is 5. The number of nitrogens with zero attached hydrogens (tertiary/aromatic N) is 1. The monoisotopic (exact) mass is 383 g/mol. The molecule has 0 radical (unpaired) electrons. The maximum absolute atomic E-state index is 12.9. The number of allylic oxidation sites excluding steroid dienone is 3. The predicted octanol–water partition coefficient (Wildman–Crippen LogP) is 4.21. The number of esters is 1. The van der Waals surface area contributed by atoms with Crippen LogP contribution in [0.1, 0.15) is 25.3 Å². The molecule has 1 fully saturated rings. The van der Waals surface area contributed by atoms with Crippen LogP contribution in [0, 0.1) is 11.8 Å². The van der Waals surface area contributed by atoms with E-state index in [4.69, 9.17) is 9.47 Å². The Bertz CT molecular complexity index is 798. The topological polar surface area (TPSA) is 47.9 Å². The van der Waals surface area contributed by atoms with Crippen molar-refractivity contribution in [2.75, 3.05) is 13.7 Å². The molecule has 4 nitrogen and oxygen atoms in total. The lowest BCUT2D eigenvalue weighted by Crippen LogP contribution is -2.41. The van der Waals surface area contributed by atoms with E-state index in [2.05, 4.69) is 35.4 Å². The van der Waals surface area contributed by atoms with Gasteiger partial charge in [0.05, 0.1) is 30.1 Å². The molecule has 0 N–H and O–H groups in total. The van der Waals surface area contributed by atoms with Gasteiger partial charge >= 0.3 is 5.97 Å². The lowest BCUT2D eigenvalue weighted by Gasteiger charge is -2.39. The molecule has 0 amide bonds. The molecule has 142 valence electrons. The first-order valence-electron chi connectivity index (χ1n) is 9.55. The first-order chi connectivity index (χ1) is 13.2. The third kappa shape index (κ3) is 3.22. The predicted molar refractivity (Wildman–Crippen MR) is 109 cm³/mol. The fraction of sp³-hybridized carbons (Fsp3) is 0.455.